The van der Waals surface area contributed by atoms with Gasteiger partial charge in [-0.05, 0) is 29.8 Å². The molecule has 0 aliphatic heterocycles. The normalized spacial score (nSPS) is 10.1. The summed E-state index contributed by atoms with van der Waals surface area (Å²) in [5, 5.41) is 0. The smallest absolute Gasteiger partial charge is 0.343 e. The lowest BCUT2D eigenvalue weighted by Gasteiger charge is -2.10. The summed E-state index contributed by atoms with van der Waals surface area (Å²) in [5.74, 6) is -0.890. The molecule has 4 heteroatoms. The SMILES string of the molecule is O=C(Oc1ccccc1C(=O)OCc1ccccc1)c1ccccc1. The summed E-state index contributed by atoms with van der Waals surface area (Å²) >= 11 is 0. The van der Waals surface area contributed by atoms with Gasteiger partial charge in [-0.15, -0.1) is 0 Å². The van der Waals surface area contributed by atoms with Crippen molar-refractivity contribution in [2.75, 3.05) is 0 Å². The molecule has 0 aliphatic carbocycles. The first kappa shape index (κ1) is 16.5. The highest BCUT2D eigenvalue weighted by Gasteiger charge is 2.17. The Labute approximate surface area is 145 Å². The highest BCUT2D eigenvalue weighted by atomic mass is 16.5. The van der Waals surface area contributed by atoms with Crippen LogP contribution in [0.3, 0.4) is 0 Å². The second-order valence-electron chi connectivity index (χ2n) is 5.31. The minimum Gasteiger partial charge on any atom is -0.457 e. The van der Waals surface area contributed by atoms with Gasteiger partial charge in [-0.25, -0.2) is 9.59 Å². The van der Waals surface area contributed by atoms with E-state index in [1.807, 2.05) is 36.4 Å². The molecule has 0 spiro atoms. The van der Waals surface area contributed by atoms with Crippen LogP contribution in [0.2, 0.25) is 0 Å². The van der Waals surface area contributed by atoms with Gasteiger partial charge in [-0.2, -0.15) is 0 Å². The maximum absolute atomic E-state index is 12.3. The topological polar surface area (TPSA) is 52.6 Å². The molecule has 0 atom stereocenters. The Morgan fingerprint density at radius 1 is 0.680 bits per heavy atom. The van der Waals surface area contributed by atoms with Gasteiger partial charge in [0, 0.05) is 0 Å². The molecule has 0 saturated heterocycles. The maximum Gasteiger partial charge on any atom is 0.343 e. The van der Waals surface area contributed by atoms with E-state index in [0.29, 0.717) is 5.56 Å². The number of benzene rings is 3. The highest BCUT2D eigenvalue weighted by molar-refractivity contribution is 5.96. The van der Waals surface area contributed by atoms with Gasteiger partial charge in [0.2, 0.25) is 0 Å². The number of carbonyl (C=O) groups excluding carboxylic acids is 2. The van der Waals surface area contributed by atoms with E-state index in [-0.39, 0.29) is 17.9 Å². The fraction of sp³-hybridized carbons (Fsp3) is 0.0476. The zero-order chi connectivity index (χ0) is 17.5. The number of ether oxygens (including phenoxy) is 2. The number of carbonyl (C=O) groups is 2. The van der Waals surface area contributed by atoms with Gasteiger partial charge in [0.15, 0.2) is 0 Å². The van der Waals surface area contributed by atoms with Gasteiger partial charge in [0.25, 0.3) is 0 Å². The van der Waals surface area contributed by atoms with E-state index in [2.05, 4.69) is 0 Å². The Bertz CT molecular complexity index is 857. The minimum absolute atomic E-state index is 0.153. The van der Waals surface area contributed by atoms with E-state index in [4.69, 9.17) is 9.47 Å². The minimum atomic E-state index is -0.541. The van der Waals surface area contributed by atoms with Crippen LogP contribution >= 0.6 is 0 Å². The molecular formula is C21H16O4. The molecule has 0 radical (unpaired) electrons. The van der Waals surface area contributed by atoms with Crippen molar-refractivity contribution < 1.29 is 19.1 Å². The molecule has 0 N–H and O–H groups in total. The molecule has 25 heavy (non-hydrogen) atoms. The monoisotopic (exact) mass is 332 g/mol. The third kappa shape index (κ3) is 4.32. The van der Waals surface area contributed by atoms with Crippen LogP contribution < -0.4 is 4.74 Å². The van der Waals surface area contributed by atoms with Crippen molar-refractivity contribution in [2.45, 2.75) is 6.61 Å². The van der Waals surface area contributed by atoms with Crippen LogP contribution in [0, 0.1) is 0 Å². The predicted molar refractivity (Wildman–Crippen MR) is 93.4 cm³/mol. The standard InChI is InChI=1S/C21H16O4/c22-20(17-11-5-2-6-12-17)25-19-14-8-7-13-18(19)21(23)24-15-16-9-3-1-4-10-16/h1-14H,15H2. The van der Waals surface area contributed by atoms with Crippen LogP contribution in [0.4, 0.5) is 0 Å². The molecule has 0 heterocycles. The molecule has 0 unspecified atom stereocenters. The Kier molecular flexibility index (Phi) is 5.22. The number of hydrogen-bond acceptors (Lipinski definition) is 4. The van der Waals surface area contributed by atoms with E-state index in [9.17, 15) is 9.59 Å². The second-order valence-corrected chi connectivity index (χ2v) is 5.31. The van der Waals surface area contributed by atoms with Crippen LogP contribution in [-0.4, -0.2) is 11.9 Å². The van der Waals surface area contributed by atoms with Crippen molar-refractivity contribution in [1.29, 1.82) is 0 Å². The number of rotatable bonds is 5. The fourth-order valence-electron chi connectivity index (χ4n) is 2.26. The lowest BCUT2D eigenvalue weighted by molar-refractivity contribution is 0.0467. The van der Waals surface area contributed by atoms with E-state index in [1.165, 1.54) is 0 Å². The summed E-state index contributed by atoms with van der Waals surface area (Å²) in [7, 11) is 0. The maximum atomic E-state index is 12.3. The Morgan fingerprint density at radius 2 is 1.28 bits per heavy atom. The summed E-state index contributed by atoms with van der Waals surface area (Å²) in [6.45, 7) is 0.153. The van der Waals surface area contributed by atoms with E-state index in [1.54, 1.807) is 48.5 Å². The van der Waals surface area contributed by atoms with Crippen LogP contribution in [0.25, 0.3) is 0 Å². The summed E-state index contributed by atoms with van der Waals surface area (Å²) in [4.78, 5) is 24.5. The second kappa shape index (κ2) is 7.93. The number of esters is 2. The van der Waals surface area contributed by atoms with Crippen molar-refractivity contribution in [3.8, 4) is 5.75 Å². The zero-order valence-electron chi connectivity index (χ0n) is 13.4. The summed E-state index contributed by atoms with van der Waals surface area (Å²) < 4.78 is 10.7. The van der Waals surface area contributed by atoms with Crippen molar-refractivity contribution in [3.63, 3.8) is 0 Å². The Morgan fingerprint density at radius 3 is 2.00 bits per heavy atom. The Hall–Kier alpha value is -3.40. The fourth-order valence-corrected chi connectivity index (χ4v) is 2.26. The molecular weight excluding hydrogens is 316 g/mol. The molecule has 0 bridgehead atoms. The Balaban J connectivity index is 1.72. The van der Waals surface area contributed by atoms with Crippen molar-refractivity contribution in [1.82, 2.24) is 0 Å². The van der Waals surface area contributed by atoms with Gasteiger partial charge in [0.1, 0.15) is 17.9 Å². The van der Waals surface area contributed by atoms with Gasteiger partial charge < -0.3 is 9.47 Å². The third-order valence-electron chi connectivity index (χ3n) is 3.53. The molecule has 0 aliphatic rings. The molecule has 3 aromatic carbocycles. The van der Waals surface area contributed by atoms with Crippen LogP contribution in [0.1, 0.15) is 26.3 Å². The van der Waals surface area contributed by atoms with Gasteiger partial charge in [-0.1, -0.05) is 60.7 Å². The first-order valence-corrected chi connectivity index (χ1v) is 7.81. The molecule has 4 nitrogen and oxygen atoms in total. The first-order chi connectivity index (χ1) is 12.2. The summed E-state index contributed by atoms with van der Waals surface area (Å²) in [6.07, 6.45) is 0. The van der Waals surface area contributed by atoms with Crippen molar-refractivity contribution in [3.05, 3.63) is 102 Å². The van der Waals surface area contributed by atoms with Crippen LogP contribution in [-0.2, 0) is 11.3 Å². The van der Waals surface area contributed by atoms with E-state index >= 15 is 0 Å². The molecule has 0 amide bonds. The van der Waals surface area contributed by atoms with Crippen LogP contribution in [0.5, 0.6) is 5.75 Å². The number of hydrogen-bond donors (Lipinski definition) is 0. The average molecular weight is 332 g/mol. The van der Waals surface area contributed by atoms with Crippen molar-refractivity contribution >= 4 is 11.9 Å². The molecule has 0 aromatic heterocycles. The van der Waals surface area contributed by atoms with E-state index < -0.39 is 11.9 Å². The molecule has 3 rings (SSSR count). The van der Waals surface area contributed by atoms with E-state index in [0.717, 1.165) is 5.56 Å². The van der Waals surface area contributed by atoms with Crippen molar-refractivity contribution in [2.24, 2.45) is 0 Å². The lowest BCUT2D eigenvalue weighted by Crippen LogP contribution is -2.13. The van der Waals surface area contributed by atoms with Crippen LogP contribution in [0.15, 0.2) is 84.9 Å². The number of para-hydroxylation sites is 1. The lowest BCUT2D eigenvalue weighted by atomic mass is 10.2. The highest BCUT2D eigenvalue weighted by Crippen LogP contribution is 2.21. The first-order valence-electron chi connectivity index (χ1n) is 7.81. The summed E-state index contributed by atoms with van der Waals surface area (Å²) in [5.41, 5.74) is 1.51. The quantitative estimate of drug-likeness (QED) is 0.517. The summed E-state index contributed by atoms with van der Waals surface area (Å²) in [6, 6.07) is 24.5. The molecule has 0 saturated carbocycles. The predicted octanol–water partition coefficient (Wildman–Crippen LogP) is 4.26. The van der Waals surface area contributed by atoms with Gasteiger partial charge in [-0.3, -0.25) is 0 Å². The average Bonchev–Trinajstić information content (AvgIpc) is 2.68. The third-order valence-corrected chi connectivity index (χ3v) is 3.53. The zero-order valence-corrected chi connectivity index (χ0v) is 13.4. The molecule has 0 fully saturated rings. The van der Waals surface area contributed by atoms with Gasteiger partial charge in [0.05, 0.1) is 5.56 Å². The molecule has 3 aromatic rings. The molecule has 124 valence electrons. The van der Waals surface area contributed by atoms with Gasteiger partial charge >= 0.3 is 11.9 Å². The largest absolute Gasteiger partial charge is 0.457 e.